The number of allylic oxidation sites excluding steroid dienone is 2. The number of benzene rings is 2. The molecule has 170 valence electrons. The Morgan fingerprint density at radius 2 is 1.48 bits per heavy atom. The van der Waals surface area contributed by atoms with Crippen LogP contribution in [0.3, 0.4) is 0 Å². The second-order valence-corrected chi connectivity index (χ2v) is 8.97. The van der Waals surface area contributed by atoms with Crippen LogP contribution in [0.4, 0.5) is 0 Å². The lowest BCUT2D eigenvalue weighted by atomic mass is 9.99. The molecule has 0 radical (unpaired) electrons. The number of unbranched alkanes of at least 4 members (excludes halogenated alkanes) is 2. The Morgan fingerprint density at radius 1 is 0.903 bits per heavy atom. The van der Waals surface area contributed by atoms with Gasteiger partial charge in [-0.25, -0.2) is 0 Å². The number of hydrogen-bond donors (Lipinski definition) is 2. The van der Waals surface area contributed by atoms with Crippen molar-refractivity contribution in [2.45, 2.75) is 45.4 Å². The van der Waals surface area contributed by atoms with Gasteiger partial charge in [0.2, 0.25) is 0 Å². The number of rotatable bonds is 12. The molecule has 0 fully saturated rings. The van der Waals surface area contributed by atoms with Gasteiger partial charge in [-0.2, -0.15) is 16.8 Å². The highest BCUT2D eigenvalue weighted by molar-refractivity contribution is 7.81. The van der Waals surface area contributed by atoms with E-state index in [0.29, 0.717) is 12.0 Å². The molecule has 0 amide bonds. The molecule has 2 aromatic rings. The highest BCUT2D eigenvalue weighted by Crippen LogP contribution is 2.26. The molecule has 0 heterocycles. The first-order chi connectivity index (χ1) is 14.6. The van der Waals surface area contributed by atoms with Gasteiger partial charge in [-0.3, -0.25) is 9.11 Å². The van der Waals surface area contributed by atoms with Crippen molar-refractivity contribution >= 4 is 26.4 Å². The van der Waals surface area contributed by atoms with E-state index < -0.39 is 20.8 Å². The van der Waals surface area contributed by atoms with Gasteiger partial charge in [-0.1, -0.05) is 49.8 Å². The zero-order chi connectivity index (χ0) is 22.9. The van der Waals surface area contributed by atoms with Crippen molar-refractivity contribution in [2.75, 3.05) is 0 Å². The van der Waals surface area contributed by atoms with Gasteiger partial charge in [0.25, 0.3) is 0 Å². The monoisotopic (exact) mass is 470 g/mol. The standard InChI is InChI=1S/C21H26O8S2/c1-2-9-18(19-12-7-4-8-13-19)11-6-3-5-10-17-14-20(28-30(22,23)24)16-21(15-17)29-31(25,26)27/h4,7-8,11-16H,2-3,5-6,9-10H2,1H3,(H,22,23,24)(H,25,26,27). The summed E-state index contributed by atoms with van der Waals surface area (Å²) < 4.78 is 70.3. The molecular formula is C21H26O8S2. The third-order valence-corrected chi connectivity index (χ3v) is 5.12. The maximum absolute atomic E-state index is 11.0. The molecule has 2 aromatic carbocycles. The first kappa shape index (κ1) is 24.9. The summed E-state index contributed by atoms with van der Waals surface area (Å²) in [5.41, 5.74) is 3.02. The summed E-state index contributed by atoms with van der Waals surface area (Å²) >= 11 is 0. The molecule has 0 unspecified atom stereocenters. The molecule has 0 bridgehead atoms. The lowest BCUT2D eigenvalue weighted by Gasteiger charge is -2.09. The SMILES string of the molecule is CCCC(=CCCCCc1cc(OS(=O)(=O)O)cc(OS(=O)(=O)O)c1)c1ccccc1. The zero-order valence-corrected chi connectivity index (χ0v) is 18.7. The molecule has 0 aliphatic carbocycles. The minimum atomic E-state index is -4.80. The van der Waals surface area contributed by atoms with Gasteiger partial charge >= 0.3 is 20.8 Å². The van der Waals surface area contributed by atoms with E-state index in [9.17, 15) is 16.8 Å². The van der Waals surface area contributed by atoms with Crippen LogP contribution in [0.1, 0.15) is 50.2 Å². The quantitative estimate of drug-likeness (QED) is 0.339. The molecule has 0 atom stereocenters. The molecule has 0 aliphatic rings. The summed E-state index contributed by atoms with van der Waals surface area (Å²) in [6.45, 7) is 2.13. The third kappa shape index (κ3) is 9.97. The summed E-state index contributed by atoms with van der Waals surface area (Å²) in [4.78, 5) is 0. The molecule has 2 rings (SSSR count). The Labute approximate surface area is 183 Å². The molecule has 0 saturated carbocycles. The van der Waals surface area contributed by atoms with Crippen molar-refractivity contribution in [3.63, 3.8) is 0 Å². The first-order valence-electron chi connectivity index (χ1n) is 9.78. The second-order valence-electron chi connectivity index (χ2n) is 6.93. The lowest BCUT2D eigenvalue weighted by molar-refractivity contribution is 0.381. The molecule has 10 heteroatoms. The van der Waals surface area contributed by atoms with Gasteiger partial charge in [0.15, 0.2) is 0 Å². The van der Waals surface area contributed by atoms with E-state index in [1.54, 1.807) is 0 Å². The lowest BCUT2D eigenvalue weighted by Crippen LogP contribution is -2.09. The van der Waals surface area contributed by atoms with Gasteiger partial charge in [0, 0.05) is 6.07 Å². The Bertz CT molecular complexity index is 1040. The first-order valence-corrected chi connectivity index (χ1v) is 12.5. The van der Waals surface area contributed by atoms with Crippen molar-refractivity contribution in [1.82, 2.24) is 0 Å². The van der Waals surface area contributed by atoms with E-state index in [0.717, 1.165) is 38.2 Å². The zero-order valence-electron chi connectivity index (χ0n) is 17.1. The average molecular weight is 471 g/mol. The highest BCUT2D eigenvalue weighted by Gasteiger charge is 2.14. The molecule has 0 aromatic heterocycles. The Balaban J connectivity index is 2.04. The van der Waals surface area contributed by atoms with E-state index in [1.807, 2.05) is 18.2 Å². The molecule has 0 saturated heterocycles. The van der Waals surface area contributed by atoms with Crippen LogP contribution in [0.25, 0.3) is 5.57 Å². The predicted octanol–water partition coefficient (Wildman–Crippen LogP) is 4.65. The maximum atomic E-state index is 11.0. The maximum Gasteiger partial charge on any atom is 0.446 e. The van der Waals surface area contributed by atoms with Crippen LogP contribution < -0.4 is 8.37 Å². The molecule has 2 N–H and O–H groups in total. The minimum Gasteiger partial charge on any atom is -0.362 e. The average Bonchev–Trinajstić information content (AvgIpc) is 2.64. The van der Waals surface area contributed by atoms with Crippen LogP contribution >= 0.6 is 0 Å². The summed E-state index contributed by atoms with van der Waals surface area (Å²) in [5.74, 6) is -0.652. The van der Waals surface area contributed by atoms with Crippen LogP contribution in [0.15, 0.2) is 54.6 Å². The van der Waals surface area contributed by atoms with Crippen LogP contribution in [0, 0.1) is 0 Å². The fraction of sp³-hybridized carbons (Fsp3) is 0.333. The van der Waals surface area contributed by atoms with Crippen LogP contribution in [-0.4, -0.2) is 25.9 Å². The smallest absolute Gasteiger partial charge is 0.362 e. The largest absolute Gasteiger partial charge is 0.446 e. The fourth-order valence-electron chi connectivity index (χ4n) is 3.15. The van der Waals surface area contributed by atoms with E-state index in [-0.39, 0.29) is 11.5 Å². The molecular weight excluding hydrogens is 444 g/mol. The molecule has 0 aliphatic heterocycles. The van der Waals surface area contributed by atoms with Gasteiger partial charge in [-0.05, 0) is 60.9 Å². The van der Waals surface area contributed by atoms with Crippen molar-refractivity contribution in [1.29, 1.82) is 0 Å². The van der Waals surface area contributed by atoms with Gasteiger partial charge in [-0.15, -0.1) is 0 Å². The molecule has 0 spiro atoms. The van der Waals surface area contributed by atoms with E-state index in [1.165, 1.54) is 23.3 Å². The van der Waals surface area contributed by atoms with Gasteiger partial charge < -0.3 is 8.37 Å². The molecule has 8 nitrogen and oxygen atoms in total. The Morgan fingerprint density at radius 3 is 2.00 bits per heavy atom. The van der Waals surface area contributed by atoms with Gasteiger partial charge in [0.05, 0.1) is 0 Å². The third-order valence-electron chi connectivity index (χ3n) is 4.32. The van der Waals surface area contributed by atoms with Crippen LogP contribution in [-0.2, 0) is 27.2 Å². The van der Waals surface area contributed by atoms with Crippen molar-refractivity contribution < 1.29 is 34.3 Å². The summed E-state index contributed by atoms with van der Waals surface area (Å²) in [7, 11) is -9.60. The topological polar surface area (TPSA) is 127 Å². The summed E-state index contributed by atoms with van der Waals surface area (Å²) in [6.07, 6.45) is 7.13. The Hall–Kier alpha value is -2.40. The van der Waals surface area contributed by atoms with E-state index >= 15 is 0 Å². The number of hydrogen-bond acceptors (Lipinski definition) is 6. The Kier molecular flexibility index (Phi) is 9.05. The van der Waals surface area contributed by atoms with Crippen molar-refractivity contribution in [3.8, 4) is 11.5 Å². The fourth-order valence-corrected chi connectivity index (χ4v) is 3.83. The van der Waals surface area contributed by atoms with Gasteiger partial charge in [0.1, 0.15) is 11.5 Å². The van der Waals surface area contributed by atoms with Crippen molar-refractivity contribution in [3.05, 3.63) is 65.7 Å². The van der Waals surface area contributed by atoms with Crippen molar-refractivity contribution in [2.24, 2.45) is 0 Å². The number of aryl methyl sites for hydroxylation is 1. The summed E-state index contributed by atoms with van der Waals surface area (Å²) in [6, 6.07) is 13.8. The predicted molar refractivity (Wildman–Crippen MR) is 118 cm³/mol. The van der Waals surface area contributed by atoms with E-state index in [4.69, 9.17) is 9.11 Å². The second kappa shape index (κ2) is 11.3. The van der Waals surface area contributed by atoms with Crippen LogP contribution in [0.5, 0.6) is 11.5 Å². The minimum absolute atomic E-state index is 0.326. The molecule has 31 heavy (non-hydrogen) atoms. The normalized spacial score (nSPS) is 12.5. The van der Waals surface area contributed by atoms with E-state index in [2.05, 4.69) is 33.5 Å². The highest BCUT2D eigenvalue weighted by atomic mass is 32.3. The van der Waals surface area contributed by atoms with Crippen LogP contribution in [0.2, 0.25) is 0 Å². The summed E-state index contributed by atoms with van der Waals surface area (Å²) in [5, 5.41) is 0.